The average molecular weight is 391 g/mol. The van der Waals surface area contributed by atoms with Gasteiger partial charge in [0.1, 0.15) is 0 Å². The van der Waals surface area contributed by atoms with Gasteiger partial charge in [-0.2, -0.15) is 4.31 Å². The maximum atomic E-state index is 12.7. The van der Waals surface area contributed by atoms with Gasteiger partial charge in [-0.1, -0.05) is 18.7 Å². The predicted octanol–water partition coefficient (Wildman–Crippen LogP) is 0.450. The molecule has 2 aromatic rings. The molecule has 1 aromatic heterocycles. The number of nitrogens with one attached hydrogen (secondary N) is 1. The summed E-state index contributed by atoms with van der Waals surface area (Å²) >= 11 is 0. The van der Waals surface area contributed by atoms with Crippen LogP contribution in [0, 0.1) is 0 Å². The highest BCUT2D eigenvalue weighted by Gasteiger charge is 2.31. The van der Waals surface area contributed by atoms with Crippen LogP contribution in [0.5, 0.6) is 0 Å². The quantitative estimate of drug-likeness (QED) is 0.435. The lowest BCUT2D eigenvalue weighted by molar-refractivity contribution is -0.123. The monoisotopic (exact) mass is 391 g/mol. The van der Waals surface area contributed by atoms with E-state index in [2.05, 4.69) is 16.5 Å². The number of hydrogen-bond acceptors (Lipinski definition) is 6. The largest absolute Gasteiger partial charge is 0.369 e. The zero-order chi connectivity index (χ0) is 19.6. The van der Waals surface area contributed by atoms with Gasteiger partial charge >= 0.3 is 0 Å². The van der Waals surface area contributed by atoms with Crippen LogP contribution in [0.2, 0.25) is 0 Å². The van der Waals surface area contributed by atoms with Gasteiger partial charge in [-0.3, -0.25) is 10.0 Å². The molecule has 10 heteroatoms. The minimum atomic E-state index is -3.61. The van der Waals surface area contributed by atoms with E-state index < -0.39 is 15.9 Å². The molecule has 2 N–H and O–H groups in total. The molecule has 9 nitrogen and oxygen atoms in total. The third-order valence-corrected chi connectivity index (χ3v) is 6.44. The molecule has 1 aliphatic rings. The smallest absolute Gasteiger partial charge is 0.277 e. The number of amides is 1. The summed E-state index contributed by atoms with van der Waals surface area (Å²) in [5.74, 6) is -0.657. The molecule has 0 aliphatic carbocycles. The first kappa shape index (κ1) is 19.1. The van der Waals surface area contributed by atoms with Crippen molar-refractivity contribution in [1.82, 2.24) is 19.3 Å². The number of carbonyl (C=O) groups excluding carboxylic acids is 1. The second-order valence-electron chi connectivity index (χ2n) is 6.18. The third kappa shape index (κ3) is 3.72. The van der Waals surface area contributed by atoms with Crippen LogP contribution in [0.4, 0.5) is 5.69 Å². The Bertz CT molecular complexity index is 944. The summed E-state index contributed by atoms with van der Waals surface area (Å²) in [5.41, 5.74) is 3.24. The van der Waals surface area contributed by atoms with Gasteiger partial charge in [-0.15, -0.1) is 0 Å². The van der Waals surface area contributed by atoms with Crippen molar-refractivity contribution in [3.8, 4) is 0 Å². The Morgan fingerprint density at radius 1 is 1.19 bits per heavy atom. The first-order valence-electron chi connectivity index (χ1n) is 8.31. The van der Waals surface area contributed by atoms with Crippen LogP contribution in [0.3, 0.4) is 0 Å². The lowest BCUT2D eigenvalue weighted by Gasteiger charge is -2.35. The van der Waals surface area contributed by atoms with E-state index >= 15 is 0 Å². The number of piperazine rings is 1. The number of carbonyl (C=O) groups is 1. The normalized spacial score (nSPS) is 15.6. The van der Waals surface area contributed by atoms with Crippen molar-refractivity contribution in [2.45, 2.75) is 5.16 Å². The number of aromatic nitrogens is 2. The van der Waals surface area contributed by atoms with E-state index in [-0.39, 0.29) is 10.7 Å². The lowest BCUT2D eigenvalue weighted by Crippen LogP contribution is -2.49. The maximum Gasteiger partial charge on any atom is 0.277 e. The number of hydrogen-bond donors (Lipinski definition) is 2. The van der Waals surface area contributed by atoms with E-state index in [4.69, 9.17) is 5.21 Å². The average Bonchev–Trinajstić information content (AvgIpc) is 3.14. The maximum absolute atomic E-state index is 12.7. The minimum Gasteiger partial charge on any atom is -0.369 e. The molecule has 144 valence electrons. The second kappa shape index (κ2) is 7.51. The van der Waals surface area contributed by atoms with E-state index in [0.717, 1.165) is 5.69 Å². The molecule has 0 spiro atoms. The Hall–Kier alpha value is -2.69. The Morgan fingerprint density at radius 3 is 2.33 bits per heavy atom. The van der Waals surface area contributed by atoms with Crippen LogP contribution < -0.4 is 10.4 Å². The second-order valence-corrected chi connectivity index (χ2v) is 8.01. The molecule has 3 rings (SSSR count). The molecule has 2 heterocycles. The summed E-state index contributed by atoms with van der Waals surface area (Å²) in [5, 5.41) is 8.72. The fraction of sp³-hybridized carbons (Fsp3) is 0.294. The summed E-state index contributed by atoms with van der Waals surface area (Å²) in [6.45, 7) is 5.44. The predicted molar refractivity (Wildman–Crippen MR) is 99.6 cm³/mol. The van der Waals surface area contributed by atoms with Crippen molar-refractivity contribution in [2.75, 3.05) is 31.1 Å². The number of hydroxylamine groups is 1. The molecule has 0 unspecified atom stereocenters. The highest BCUT2D eigenvalue weighted by atomic mass is 32.2. The summed E-state index contributed by atoms with van der Waals surface area (Å²) in [4.78, 5) is 17.4. The minimum absolute atomic E-state index is 0.0426. The van der Waals surface area contributed by atoms with Gasteiger partial charge in [-0.05, 0) is 17.7 Å². The first-order valence-corrected chi connectivity index (χ1v) is 9.75. The molecule has 0 bridgehead atoms. The van der Waals surface area contributed by atoms with Crippen molar-refractivity contribution >= 4 is 27.2 Å². The standard InChI is InChI=1S/C17H21N5O4S/c1-13(16(23)19-24)14-3-5-15(6-4-14)21-9-11-22(12-10-21)27(25,26)17-18-7-8-20(17)2/h3-8,24H,1,9-12H2,2H3,(H,19,23). The molecule has 1 aromatic carbocycles. The SMILES string of the molecule is C=C(C(=O)NO)c1ccc(N2CCN(S(=O)(=O)c3nccn3C)CC2)cc1. The van der Waals surface area contributed by atoms with Gasteiger partial charge in [0.25, 0.3) is 15.9 Å². The molecule has 0 atom stereocenters. The van der Waals surface area contributed by atoms with Gasteiger partial charge in [0, 0.05) is 56.9 Å². The molecule has 0 saturated carbocycles. The van der Waals surface area contributed by atoms with Crippen molar-refractivity contribution in [3.05, 3.63) is 48.8 Å². The fourth-order valence-electron chi connectivity index (χ4n) is 2.97. The first-order chi connectivity index (χ1) is 12.8. The van der Waals surface area contributed by atoms with E-state index in [1.807, 2.05) is 12.1 Å². The Balaban J connectivity index is 1.67. The van der Waals surface area contributed by atoms with Crippen LogP contribution in [0.15, 0.2) is 48.4 Å². The Morgan fingerprint density at radius 2 is 1.81 bits per heavy atom. The van der Waals surface area contributed by atoms with Crippen LogP contribution in [0.25, 0.3) is 5.57 Å². The molecule has 1 aliphatic heterocycles. The van der Waals surface area contributed by atoms with E-state index in [9.17, 15) is 13.2 Å². The van der Waals surface area contributed by atoms with Gasteiger partial charge in [0.2, 0.25) is 5.16 Å². The van der Waals surface area contributed by atoms with Gasteiger partial charge in [-0.25, -0.2) is 18.9 Å². The van der Waals surface area contributed by atoms with E-state index in [1.165, 1.54) is 15.1 Å². The van der Waals surface area contributed by atoms with E-state index in [1.54, 1.807) is 30.9 Å². The van der Waals surface area contributed by atoms with Crippen molar-refractivity contribution in [1.29, 1.82) is 0 Å². The number of anilines is 1. The number of nitrogens with zero attached hydrogens (tertiary/aromatic N) is 4. The summed E-state index contributed by atoms with van der Waals surface area (Å²) < 4.78 is 28.3. The Labute approximate surface area is 157 Å². The number of imidazole rings is 1. The summed E-state index contributed by atoms with van der Waals surface area (Å²) in [6, 6.07) is 7.16. The number of aryl methyl sites for hydroxylation is 1. The van der Waals surface area contributed by atoms with Gasteiger partial charge in [0.05, 0.1) is 0 Å². The molecular weight excluding hydrogens is 370 g/mol. The van der Waals surface area contributed by atoms with Crippen LogP contribution >= 0.6 is 0 Å². The molecular formula is C17H21N5O4S. The van der Waals surface area contributed by atoms with Crippen molar-refractivity contribution in [3.63, 3.8) is 0 Å². The van der Waals surface area contributed by atoms with Crippen molar-refractivity contribution < 1.29 is 18.4 Å². The molecule has 27 heavy (non-hydrogen) atoms. The van der Waals surface area contributed by atoms with Gasteiger partial charge < -0.3 is 9.47 Å². The summed E-state index contributed by atoms with van der Waals surface area (Å²) in [6.07, 6.45) is 3.07. The molecule has 1 amide bonds. The highest BCUT2D eigenvalue weighted by molar-refractivity contribution is 7.89. The van der Waals surface area contributed by atoms with Crippen molar-refractivity contribution in [2.24, 2.45) is 7.05 Å². The zero-order valence-corrected chi connectivity index (χ0v) is 15.7. The molecule has 1 saturated heterocycles. The molecule has 0 radical (unpaired) electrons. The fourth-order valence-corrected chi connectivity index (χ4v) is 4.47. The van der Waals surface area contributed by atoms with Crippen LogP contribution in [0.1, 0.15) is 5.56 Å². The number of sulfonamides is 1. The zero-order valence-electron chi connectivity index (χ0n) is 14.9. The molecule has 1 fully saturated rings. The van der Waals surface area contributed by atoms with E-state index in [0.29, 0.717) is 31.7 Å². The summed E-state index contributed by atoms with van der Waals surface area (Å²) in [7, 11) is -1.95. The third-order valence-electron chi connectivity index (χ3n) is 4.54. The van der Waals surface area contributed by atoms with Crippen LogP contribution in [-0.2, 0) is 21.9 Å². The Kier molecular flexibility index (Phi) is 5.31. The topological polar surface area (TPSA) is 108 Å². The number of benzene rings is 1. The van der Waals surface area contributed by atoms with Gasteiger partial charge in [0.15, 0.2) is 0 Å². The lowest BCUT2D eigenvalue weighted by atomic mass is 10.1. The highest BCUT2D eigenvalue weighted by Crippen LogP contribution is 2.22. The number of rotatable bonds is 5. The van der Waals surface area contributed by atoms with Crippen LogP contribution in [-0.4, -0.2) is 59.6 Å².